The summed E-state index contributed by atoms with van der Waals surface area (Å²) in [5, 5.41) is 11.9. The number of aromatic nitrogens is 1. The lowest BCUT2D eigenvalue weighted by Gasteiger charge is -2.27. The Morgan fingerprint density at radius 3 is 2.42 bits per heavy atom. The van der Waals surface area contributed by atoms with E-state index in [4.69, 9.17) is 0 Å². The van der Waals surface area contributed by atoms with Gasteiger partial charge in [-0.15, -0.1) is 0 Å². The molecule has 5 nitrogen and oxygen atoms in total. The number of pyridine rings is 1. The van der Waals surface area contributed by atoms with Crippen molar-refractivity contribution in [3.8, 4) is 0 Å². The van der Waals surface area contributed by atoms with Crippen molar-refractivity contribution >= 4 is 11.9 Å². The van der Waals surface area contributed by atoms with Crippen LogP contribution in [0.1, 0.15) is 39.3 Å². The summed E-state index contributed by atoms with van der Waals surface area (Å²) >= 11 is 0. The van der Waals surface area contributed by atoms with Gasteiger partial charge in [-0.2, -0.15) is 0 Å². The van der Waals surface area contributed by atoms with Crippen molar-refractivity contribution in [2.75, 3.05) is 0 Å². The van der Waals surface area contributed by atoms with Crippen LogP contribution in [0.15, 0.2) is 24.5 Å². The fraction of sp³-hybridized carbons (Fsp3) is 0.500. The molecule has 0 saturated heterocycles. The third-order valence-electron chi connectivity index (χ3n) is 2.92. The first-order valence-corrected chi connectivity index (χ1v) is 6.16. The number of nitrogens with zero attached hydrogens (tertiary/aromatic N) is 1. The van der Waals surface area contributed by atoms with Crippen molar-refractivity contribution in [1.82, 2.24) is 10.3 Å². The summed E-state index contributed by atoms with van der Waals surface area (Å²) in [6.07, 6.45) is 3.30. The van der Waals surface area contributed by atoms with Crippen molar-refractivity contribution in [3.63, 3.8) is 0 Å². The average molecular weight is 264 g/mol. The van der Waals surface area contributed by atoms with Gasteiger partial charge in [-0.05, 0) is 24.0 Å². The summed E-state index contributed by atoms with van der Waals surface area (Å²) in [7, 11) is 0. The average Bonchev–Trinajstić information content (AvgIpc) is 2.27. The number of aliphatic carboxylic acids is 1. The lowest BCUT2D eigenvalue weighted by molar-refractivity contribution is -0.151. The standard InChI is InChI=1S/C14H20N2O3/c1-9(10-6-5-7-15-8-10)16-12(17)11(13(18)19)14(2,3)4/h5-9,11H,1-4H3,(H,16,17)(H,18,19). The van der Waals surface area contributed by atoms with Crippen molar-refractivity contribution < 1.29 is 14.7 Å². The Kier molecular flexibility index (Phi) is 4.64. The van der Waals surface area contributed by atoms with E-state index in [9.17, 15) is 14.7 Å². The van der Waals surface area contributed by atoms with Gasteiger partial charge in [0, 0.05) is 12.4 Å². The third kappa shape index (κ3) is 4.05. The number of amides is 1. The van der Waals surface area contributed by atoms with Gasteiger partial charge in [0.1, 0.15) is 5.92 Å². The normalized spacial score (nSPS) is 14.5. The Balaban J connectivity index is 2.81. The number of nitrogens with one attached hydrogen (secondary N) is 1. The fourth-order valence-corrected chi connectivity index (χ4v) is 1.89. The summed E-state index contributed by atoms with van der Waals surface area (Å²) in [5.74, 6) is -2.66. The van der Waals surface area contributed by atoms with Crippen molar-refractivity contribution in [2.45, 2.75) is 33.7 Å². The fourth-order valence-electron chi connectivity index (χ4n) is 1.89. The first kappa shape index (κ1) is 15.1. The largest absolute Gasteiger partial charge is 0.481 e. The van der Waals surface area contributed by atoms with Gasteiger partial charge in [0.05, 0.1) is 6.04 Å². The van der Waals surface area contributed by atoms with Gasteiger partial charge in [-0.25, -0.2) is 0 Å². The molecule has 0 aliphatic carbocycles. The molecule has 2 unspecified atom stereocenters. The number of hydrogen-bond donors (Lipinski definition) is 2. The second-order valence-corrected chi connectivity index (χ2v) is 5.65. The van der Waals surface area contributed by atoms with E-state index in [-0.39, 0.29) is 6.04 Å². The highest BCUT2D eigenvalue weighted by Crippen LogP contribution is 2.27. The molecule has 1 aromatic rings. The molecule has 1 rings (SSSR count). The Labute approximate surface area is 113 Å². The van der Waals surface area contributed by atoms with Gasteiger partial charge < -0.3 is 10.4 Å². The van der Waals surface area contributed by atoms with Gasteiger partial charge in [-0.1, -0.05) is 26.8 Å². The number of rotatable bonds is 4. The number of carbonyl (C=O) groups excluding carboxylic acids is 1. The van der Waals surface area contributed by atoms with Crippen LogP contribution in [0.5, 0.6) is 0 Å². The molecule has 0 saturated carbocycles. The minimum absolute atomic E-state index is 0.273. The van der Waals surface area contributed by atoms with Gasteiger partial charge in [0.2, 0.25) is 5.91 Å². The third-order valence-corrected chi connectivity index (χ3v) is 2.92. The van der Waals surface area contributed by atoms with Gasteiger partial charge >= 0.3 is 5.97 Å². The zero-order valence-corrected chi connectivity index (χ0v) is 11.7. The molecule has 0 fully saturated rings. The minimum Gasteiger partial charge on any atom is -0.481 e. The molecule has 0 bridgehead atoms. The summed E-state index contributed by atoms with van der Waals surface area (Å²) in [6, 6.07) is 3.34. The lowest BCUT2D eigenvalue weighted by Crippen LogP contribution is -2.43. The van der Waals surface area contributed by atoms with Crippen LogP contribution in [-0.2, 0) is 9.59 Å². The maximum atomic E-state index is 12.1. The molecule has 19 heavy (non-hydrogen) atoms. The molecule has 0 spiro atoms. The van der Waals surface area contributed by atoms with E-state index in [1.54, 1.807) is 46.2 Å². The number of hydrogen-bond acceptors (Lipinski definition) is 3. The SMILES string of the molecule is CC(NC(=O)C(C(=O)O)C(C)(C)C)c1cccnc1. The highest BCUT2D eigenvalue weighted by atomic mass is 16.4. The maximum Gasteiger partial charge on any atom is 0.316 e. The lowest BCUT2D eigenvalue weighted by atomic mass is 9.80. The first-order chi connectivity index (χ1) is 8.73. The van der Waals surface area contributed by atoms with Crippen molar-refractivity contribution in [3.05, 3.63) is 30.1 Å². The molecule has 0 radical (unpaired) electrons. The molecule has 1 aromatic heterocycles. The Morgan fingerprint density at radius 1 is 1.37 bits per heavy atom. The molecular weight excluding hydrogens is 244 g/mol. The van der Waals surface area contributed by atoms with Crippen LogP contribution in [0.3, 0.4) is 0 Å². The highest BCUT2D eigenvalue weighted by Gasteiger charge is 2.38. The predicted octanol–water partition coefficient (Wildman–Crippen LogP) is 2.01. The molecule has 1 amide bonds. The molecule has 2 atom stereocenters. The molecule has 0 aromatic carbocycles. The summed E-state index contributed by atoms with van der Waals surface area (Å²) in [5.41, 5.74) is 0.207. The molecular formula is C14H20N2O3. The van der Waals surface area contributed by atoms with Crippen LogP contribution in [0.2, 0.25) is 0 Å². The zero-order valence-electron chi connectivity index (χ0n) is 11.7. The highest BCUT2D eigenvalue weighted by molar-refractivity contribution is 5.97. The summed E-state index contributed by atoms with van der Waals surface area (Å²) in [4.78, 5) is 27.3. The first-order valence-electron chi connectivity index (χ1n) is 6.16. The topological polar surface area (TPSA) is 79.3 Å². The van der Waals surface area contributed by atoms with E-state index < -0.39 is 23.2 Å². The van der Waals surface area contributed by atoms with E-state index in [1.807, 2.05) is 6.07 Å². The second-order valence-electron chi connectivity index (χ2n) is 5.65. The van der Waals surface area contributed by atoms with E-state index >= 15 is 0 Å². The predicted molar refractivity (Wildman–Crippen MR) is 71.4 cm³/mol. The van der Waals surface area contributed by atoms with E-state index in [1.165, 1.54) is 0 Å². The molecule has 5 heteroatoms. The van der Waals surface area contributed by atoms with Crippen LogP contribution >= 0.6 is 0 Å². The Hall–Kier alpha value is -1.91. The van der Waals surface area contributed by atoms with Gasteiger partial charge in [-0.3, -0.25) is 14.6 Å². The van der Waals surface area contributed by atoms with Gasteiger partial charge in [0.15, 0.2) is 0 Å². The molecule has 1 heterocycles. The second kappa shape index (κ2) is 5.82. The van der Waals surface area contributed by atoms with E-state index in [0.717, 1.165) is 5.56 Å². The van der Waals surface area contributed by atoms with E-state index in [2.05, 4.69) is 10.3 Å². The van der Waals surface area contributed by atoms with Crippen LogP contribution in [0, 0.1) is 11.3 Å². The quantitative estimate of drug-likeness (QED) is 0.815. The van der Waals surface area contributed by atoms with Crippen molar-refractivity contribution in [2.24, 2.45) is 11.3 Å². The van der Waals surface area contributed by atoms with Crippen LogP contribution < -0.4 is 5.32 Å². The van der Waals surface area contributed by atoms with E-state index in [0.29, 0.717) is 0 Å². The van der Waals surface area contributed by atoms with Gasteiger partial charge in [0.25, 0.3) is 0 Å². The smallest absolute Gasteiger partial charge is 0.316 e. The van der Waals surface area contributed by atoms with Crippen LogP contribution in [0.25, 0.3) is 0 Å². The molecule has 0 aliphatic rings. The summed E-state index contributed by atoms with van der Waals surface area (Å²) in [6.45, 7) is 7.01. The maximum absolute atomic E-state index is 12.1. The number of carboxylic acid groups (broad SMARTS) is 1. The zero-order chi connectivity index (χ0) is 14.6. The minimum atomic E-state index is -1.11. The monoisotopic (exact) mass is 264 g/mol. The molecule has 104 valence electrons. The van der Waals surface area contributed by atoms with Crippen LogP contribution in [0.4, 0.5) is 0 Å². The Bertz CT molecular complexity index is 452. The van der Waals surface area contributed by atoms with Crippen molar-refractivity contribution in [1.29, 1.82) is 0 Å². The Morgan fingerprint density at radius 2 is 2.00 bits per heavy atom. The summed E-state index contributed by atoms with van der Waals surface area (Å²) < 4.78 is 0. The molecule has 2 N–H and O–H groups in total. The molecule has 0 aliphatic heterocycles. The number of carbonyl (C=O) groups is 2. The number of carboxylic acids is 1. The van der Waals surface area contributed by atoms with Crippen LogP contribution in [-0.4, -0.2) is 22.0 Å².